The van der Waals surface area contributed by atoms with Crippen molar-refractivity contribution in [2.45, 2.75) is 25.8 Å². The molecule has 0 bridgehead atoms. The monoisotopic (exact) mass is 349 g/mol. The largest absolute Gasteiger partial charge is 0.381 e. The minimum Gasteiger partial charge on any atom is -0.381 e. The standard InChI is InChI=1S/C17H27N5O3/c1-12-14(10-19-20-12)17(24)22-6-5-21(2)15(11-22)16(23)18-9-13-3-7-25-8-4-13/h10,13,15H,3-9,11H2,1-2H3,(H,18,23)(H,19,20)/t15-/m1/s1. The van der Waals surface area contributed by atoms with Crippen molar-refractivity contribution in [1.82, 2.24) is 25.3 Å². The maximum Gasteiger partial charge on any atom is 0.257 e. The van der Waals surface area contributed by atoms with Crippen LogP contribution in [0, 0.1) is 12.8 Å². The summed E-state index contributed by atoms with van der Waals surface area (Å²) in [6.45, 7) is 5.75. The van der Waals surface area contributed by atoms with Crippen LogP contribution in [0.4, 0.5) is 0 Å². The van der Waals surface area contributed by atoms with Gasteiger partial charge in [0.2, 0.25) is 5.91 Å². The van der Waals surface area contributed by atoms with Crippen molar-refractivity contribution < 1.29 is 14.3 Å². The SMILES string of the molecule is Cc1[nH]ncc1C(=O)N1CCN(C)[C@@H](C(=O)NCC2CCOCC2)C1. The van der Waals surface area contributed by atoms with Crippen LogP contribution in [-0.2, 0) is 9.53 Å². The number of H-pyrrole nitrogens is 1. The van der Waals surface area contributed by atoms with Crippen molar-refractivity contribution in [3.05, 3.63) is 17.5 Å². The fraction of sp³-hybridized carbons (Fsp3) is 0.706. The Bertz CT molecular complexity index is 611. The second-order valence-corrected chi connectivity index (χ2v) is 6.96. The maximum absolute atomic E-state index is 12.7. The van der Waals surface area contributed by atoms with E-state index in [2.05, 4.69) is 15.5 Å². The van der Waals surface area contributed by atoms with Crippen molar-refractivity contribution in [2.75, 3.05) is 46.4 Å². The highest BCUT2D eigenvalue weighted by Gasteiger charge is 2.33. The van der Waals surface area contributed by atoms with E-state index in [1.807, 2.05) is 18.9 Å². The van der Waals surface area contributed by atoms with Crippen LogP contribution in [0.2, 0.25) is 0 Å². The van der Waals surface area contributed by atoms with Gasteiger partial charge in [-0.15, -0.1) is 0 Å². The molecule has 0 saturated carbocycles. The number of piperazine rings is 1. The topological polar surface area (TPSA) is 90.6 Å². The highest BCUT2D eigenvalue weighted by Crippen LogP contribution is 2.15. The molecule has 138 valence electrons. The van der Waals surface area contributed by atoms with Crippen molar-refractivity contribution in [3.63, 3.8) is 0 Å². The number of carbonyl (C=O) groups excluding carboxylic acids is 2. The van der Waals surface area contributed by atoms with E-state index in [1.165, 1.54) is 0 Å². The predicted octanol–water partition coefficient (Wildman–Crippen LogP) is 0.0171. The predicted molar refractivity (Wildman–Crippen MR) is 92.2 cm³/mol. The van der Waals surface area contributed by atoms with Gasteiger partial charge in [-0.25, -0.2) is 0 Å². The van der Waals surface area contributed by atoms with Crippen LogP contribution in [0.5, 0.6) is 0 Å². The first-order chi connectivity index (χ1) is 12.1. The van der Waals surface area contributed by atoms with E-state index < -0.39 is 0 Å². The average Bonchev–Trinajstić information content (AvgIpc) is 3.06. The van der Waals surface area contributed by atoms with Crippen LogP contribution in [0.1, 0.15) is 28.9 Å². The number of nitrogens with one attached hydrogen (secondary N) is 2. The third-order valence-electron chi connectivity index (χ3n) is 5.20. The number of rotatable bonds is 4. The van der Waals surface area contributed by atoms with Crippen molar-refractivity contribution in [3.8, 4) is 0 Å². The zero-order valence-electron chi connectivity index (χ0n) is 15.0. The van der Waals surface area contributed by atoms with E-state index in [0.29, 0.717) is 37.7 Å². The Morgan fingerprint density at radius 3 is 2.80 bits per heavy atom. The molecule has 3 heterocycles. The summed E-state index contributed by atoms with van der Waals surface area (Å²) in [6.07, 6.45) is 3.53. The first-order valence-corrected chi connectivity index (χ1v) is 8.91. The molecule has 0 unspecified atom stereocenters. The summed E-state index contributed by atoms with van der Waals surface area (Å²) in [7, 11) is 1.93. The fourth-order valence-electron chi connectivity index (χ4n) is 3.39. The molecule has 3 rings (SSSR count). The fourth-order valence-corrected chi connectivity index (χ4v) is 3.39. The van der Waals surface area contributed by atoms with E-state index >= 15 is 0 Å². The number of aryl methyl sites for hydroxylation is 1. The summed E-state index contributed by atoms with van der Waals surface area (Å²) in [6, 6.07) is -0.315. The third-order valence-corrected chi connectivity index (χ3v) is 5.20. The molecule has 0 radical (unpaired) electrons. The smallest absolute Gasteiger partial charge is 0.257 e. The molecule has 2 saturated heterocycles. The first-order valence-electron chi connectivity index (χ1n) is 8.91. The van der Waals surface area contributed by atoms with Crippen LogP contribution < -0.4 is 5.32 Å². The summed E-state index contributed by atoms with van der Waals surface area (Å²) in [5.41, 5.74) is 1.33. The summed E-state index contributed by atoms with van der Waals surface area (Å²) in [4.78, 5) is 29.1. The first kappa shape index (κ1) is 17.9. The summed E-state index contributed by atoms with van der Waals surface area (Å²) in [5.74, 6) is 0.412. The second kappa shape index (κ2) is 7.97. The zero-order chi connectivity index (χ0) is 17.8. The van der Waals surface area contributed by atoms with Gasteiger partial charge in [-0.1, -0.05) is 0 Å². The van der Waals surface area contributed by atoms with Gasteiger partial charge >= 0.3 is 0 Å². The molecular formula is C17H27N5O3. The number of aromatic nitrogens is 2. The lowest BCUT2D eigenvalue weighted by Gasteiger charge is -2.38. The quantitative estimate of drug-likeness (QED) is 0.800. The van der Waals surface area contributed by atoms with Gasteiger partial charge in [-0.2, -0.15) is 5.10 Å². The van der Waals surface area contributed by atoms with E-state index in [9.17, 15) is 9.59 Å². The lowest BCUT2D eigenvalue weighted by molar-refractivity contribution is -0.128. The Kier molecular flexibility index (Phi) is 5.70. The van der Waals surface area contributed by atoms with E-state index in [1.54, 1.807) is 11.1 Å². The van der Waals surface area contributed by atoms with Crippen molar-refractivity contribution >= 4 is 11.8 Å². The molecule has 2 amide bonds. The Morgan fingerprint density at radius 2 is 2.12 bits per heavy atom. The Morgan fingerprint density at radius 1 is 1.36 bits per heavy atom. The number of nitrogens with zero attached hydrogens (tertiary/aromatic N) is 3. The van der Waals surface area contributed by atoms with Gasteiger partial charge in [-0.3, -0.25) is 19.6 Å². The van der Waals surface area contributed by atoms with Gasteiger partial charge in [-0.05, 0) is 32.7 Å². The van der Waals surface area contributed by atoms with E-state index in [0.717, 1.165) is 31.7 Å². The van der Waals surface area contributed by atoms with Crippen molar-refractivity contribution in [2.24, 2.45) is 5.92 Å². The molecule has 1 aromatic rings. The number of likely N-dealkylation sites (N-methyl/N-ethyl adjacent to an activating group) is 1. The zero-order valence-corrected chi connectivity index (χ0v) is 15.0. The van der Waals surface area contributed by atoms with Crippen LogP contribution in [0.15, 0.2) is 6.20 Å². The number of ether oxygens (including phenoxy) is 1. The lowest BCUT2D eigenvalue weighted by atomic mass is 10.00. The normalized spacial score (nSPS) is 22.8. The lowest BCUT2D eigenvalue weighted by Crippen LogP contribution is -2.59. The number of amides is 2. The highest BCUT2D eigenvalue weighted by molar-refractivity contribution is 5.95. The maximum atomic E-state index is 12.7. The third kappa shape index (κ3) is 4.19. The second-order valence-electron chi connectivity index (χ2n) is 6.96. The van der Waals surface area contributed by atoms with E-state index in [-0.39, 0.29) is 17.9 Å². The van der Waals surface area contributed by atoms with Gasteiger partial charge in [0.25, 0.3) is 5.91 Å². The molecule has 2 aliphatic heterocycles. The van der Waals surface area contributed by atoms with Crippen molar-refractivity contribution in [1.29, 1.82) is 0 Å². The Balaban J connectivity index is 1.57. The molecule has 0 aromatic carbocycles. The molecule has 2 aliphatic rings. The molecule has 0 aliphatic carbocycles. The molecule has 25 heavy (non-hydrogen) atoms. The molecular weight excluding hydrogens is 322 g/mol. The highest BCUT2D eigenvalue weighted by atomic mass is 16.5. The van der Waals surface area contributed by atoms with Crippen LogP contribution >= 0.6 is 0 Å². The number of carbonyl (C=O) groups is 2. The minimum atomic E-state index is -0.315. The van der Waals surface area contributed by atoms with Crippen LogP contribution in [0.3, 0.4) is 0 Å². The molecule has 2 N–H and O–H groups in total. The molecule has 0 spiro atoms. The molecule has 8 nitrogen and oxygen atoms in total. The molecule has 2 fully saturated rings. The average molecular weight is 349 g/mol. The van der Waals surface area contributed by atoms with E-state index in [4.69, 9.17) is 4.74 Å². The summed E-state index contributed by atoms with van der Waals surface area (Å²) < 4.78 is 5.35. The summed E-state index contributed by atoms with van der Waals surface area (Å²) >= 11 is 0. The van der Waals surface area contributed by atoms with Crippen LogP contribution in [-0.4, -0.2) is 84.3 Å². The van der Waals surface area contributed by atoms with Gasteiger partial charge < -0.3 is 15.0 Å². The Labute approximate surface area is 147 Å². The van der Waals surface area contributed by atoms with Gasteiger partial charge in [0.1, 0.15) is 6.04 Å². The van der Waals surface area contributed by atoms with Gasteiger partial charge in [0.05, 0.1) is 11.8 Å². The minimum absolute atomic E-state index is 0.00425. The summed E-state index contributed by atoms with van der Waals surface area (Å²) in [5, 5.41) is 9.77. The van der Waals surface area contributed by atoms with Gasteiger partial charge in [0, 0.05) is 45.1 Å². The molecule has 1 atom stereocenters. The van der Waals surface area contributed by atoms with Gasteiger partial charge in [0.15, 0.2) is 0 Å². The van der Waals surface area contributed by atoms with Crippen LogP contribution in [0.25, 0.3) is 0 Å². The molecule has 8 heteroatoms. The molecule has 1 aromatic heterocycles. The number of hydrogen-bond donors (Lipinski definition) is 2. The number of aromatic amines is 1. The Hall–Kier alpha value is -1.93. The number of hydrogen-bond acceptors (Lipinski definition) is 5.